The fourth-order valence-electron chi connectivity index (χ4n) is 1.34. The molecular weight excluding hydrogens is 239 g/mol. The smallest absolute Gasteiger partial charge is 0.416 e. The van der Waals surface area contributed by atoms with E-state index in [2.05, 4.69) is 0 Å². The zero-order valence-corrected chi connectivity index (χ0v) is 8.48. The fraction of sp³-hybridized carbons (Fsp3) is 0.300. The highest BCUT2D eigenvalue weighted by Crippen LogP contribution is 2.35. The van der Waals surface area contributed by atoms with Crippen LogP contribution < -0.4 is 5.73 Å². The second kappa shape index (κ2) is 4.72. The molecule has 2 atom stereocenters. The molecule has 4 nitrogen and oxygen atoms in total. The molecule has 1 rings (SSSR count). The van der Waals surface area contributed by atoms with Crippen molar-refractivity contribution in [3.8, 4) is 0 Å². The molecule has 0 heterocycles. The molecule has 0 bridgehead atoms. The molecule has 0 aliphatic rings. The van der Waals surface area contributed by atoms with Crippen LogP contribution in [0.25, 0.3) is 0 Å². The van der Waals surface area contributed by atoms with Gasteiger partial charge in [-0.25, -0.2) is 0 Å². The Morgan fingerprint density at radius 3 is 2.29 bits per heavy atom. The Morgan fingerprint density at radius 1 is 1.29 bits per heavy atom. The van der Waals surface area contributed by atoms with Crippen LogP contribution in [0.3, 0.4) is 0 Å². The van der Waals surface area contributed by atoms with Gasteiger partial charge >= 0.3 is 12.1 Å². The van der Waals surface area contributed by atoms with E-state index in [0.29, 0.717) is 0 Å². The van der Waals surface area contributed by atoms with Crippen LogP contribution in [0.5, 0.6) is 0 Å². The molecule has 0 radical (unpaired) electrons. The molecule has 7 heteroatoms. The van der Waals surface area contributed by atoms with Gasteiger partial charge in [-0.15, -0.1) is 0 Å². The van der Waals surface area contributed by atoms with Gasteiger partial charge in [0.15, 0.2) is 0 Å². The number of carbonyl (C=O) groups is 1. The Balaban J connectivity index is 3.18. The standard InChI is InChI=1S/C10H10F3NO3/c11-10(12,13)6-4-2-1-3-5(6)8(15)7(14)9(16)17/h1-4,7-8,15H,14H2,(H,16,17)/t7-,8+/m1/s1. The van der Waals surface area contributed by atoms with E-state index in [1.54, 1.807) is 0 Å². The minimum absolute atomic E-state index is 0.546. The van der Waals surface area contributed by atoms with Crippen molar-refractivity contribution in [3.05, 3.63) is 35.4 Å². The molecule has 0 fully saturated rings. The van der Waals surface area contributed by atoms with Crippen molar-refractivity contribution in [2.75, 3.05) is 0 Å². The number of alkyl halides is 3. The second-order valence-corrected chi connectivity index (χ2v) is 3.39. The minimum Gasteiger partial charge on any atom is -0.480 e. The topological polar surface area (TPSA) is 83.6 Å². The average molecular weight is 249 g/mol. The van der Waals surface area contributed by atoms with Crippen molar-refractivity contribution in [3.63, 3.8) is 0 Å². The van der Waals surface area contributed by atoms with Crippen LogP contribution in [0.15, 0.2) is 24.3 Å². The van der Waals surface area contributed by atoms with Gasteiger partial charge in [0.1, 0.15) is 12.1 Å². The van der Waals surface area contributed by atoms with Gasteiger partial charge in [0.05, 0.1) is 5.56 Å². The van der Waals surface area contributed by atoms with Crippen LogP contribution in [0.4, 0.5) is 13.2 Å². The molecule has 0 spiro atoms. The van der Waals surface area contributed by atoms with Gasteiger partial charge in [-0.05, 0) is 11.6 Å². The summed E-state index contributed by atoms with van der Waals surface area (Å²) in [6, 6.07) is 2.36. The number of halogens is 3. The third kappa shape index (κ3) is 2.95. The van der Waals surface area contributed by atoms with E-state index in [4.69, 9.17) is 10.8 Å². The third-order valence-electron chi connectivity index (χ3n) is 2.21. The number of rotatable bonds is 3. The monoisotopic (exact) mass is 249 g/mol. The summed E-state index contributed by atoms with van der Waals surface area (Å²) in [5.74, 6) is -1.57. The highest BCUT2D eigenvalue weighted by atomic mass is 19.4. The average Bonchev–Trinajstić information content (AvgIpc) is 2.25. The van der Waals surface area contributed by atoms with E-state index in [-0.39, 0.29) is 0 Å². The lowest BCUT2D eigenvalue weighted by Gasteiger charge is -2.19. The molecule has 0 unspecified atom stereocenters. The van der Waals surface area contributed by atoms with Gasteiger partial charge in [0.2, 0.25) is 0 Å². The van der Waals surface area contributed by atoms with Gasteiger partial charge in [0.25, 0.3) is 0 Å². The molecule has 94 valence electrons. The fourth-order valence-corrected chi connectivity index (χ4v) is 1.34. The minimum atomic E-state index is -4.67. The van der Waals surface area contributed by atoms with Crippen LogP contribution in [0, 0.1) is 0 Å². The number of hydrogen-bond acceptors (Lipinski definition) is 3. The zero-order valence-electron chi connectivity index (χ0n) is 8.48. The van der Waals surface area contributed by atoms with Crippen molar-refractivity contribution in [2.45, 2.75) is 18.3 Å². The van der Waals surface area contributed by atoms with Gasteiger partial charge in [0, 0.05) is 0 Å². The molecule has 0 amide bonds. The molecule has 17 heavy (non-hydrogen) atoms. The van der Waals surface area contributed by atoms with E-state index in [9.17, 15) is 23.1 Å². The first-order valence-corrected chi connectivity index (χ1v) is 4.57. The highest BCUT2D eigenvalue weighted by molar-refractivity contribution is 5.74. The molecular formula is C10H10F3NO3. The maximum Gasteiger partial charge on any atom is 0.416 e. The van der Waals surface area contributed by atoms with E-state index in [0.717, 1.165) is 18.2 Å². The number of carboxylic acid groups (broad SMARTS) is 1. The molecule has 1 aromatic rings. The van der Waals surface area contributed by atoms with Crippen LogP contribution in [-0.4, -0.2) is 22.2 Å². The maximum absolute atomic E-state index is 12.6. The number of aliphatic carboxylic acids is 1. The molecule has 0 saturated heterocycles. The molecule has 0 aliphatic carbocycles. The summed E-state index contributed by atoms with van der Waals surface area (Å²) in [6.07, 6.45) is -6.58. The molecule has 1 aromatic carbocycles. The summed E-state index contributed by atoms with van der Waals surface area (Å²) in [5, 5.41) is 18.0. The second-order valence-electron chi connectivity index (χ2n) is 3.39. The van der Waals surface area contributed by atoms with E-state index in [1.807, 2.05) is 0 Å². The summed E-state index contributed by atoms with van der Waals surface area (Å²) in [7, 11) is 0. The summed E-state index contributed by atoms with van der Waals surface area (Å²) < 4.78 is 37.7. The number of nitrogens with two attached hydrogens (primary N) is 1. The highest BCUT2D eigenvalue weighted by Gasteiger charge is 2.36. The Kier molecular flexibility index (Phi) is 3.74. The Labute approximate surface area is 94.5 Å². The lowest BCUT2D eigenvalue weighted by atomic mass is 9.97. The predicted molar refractivity (Wildman–Crippen MR) is 52.0 cm³/mol. The Hall–Kier alpha value is -1.60. The summed E-state index contributed by atoms with van der Waals surface area (Å²) in [6.45, 7) is 0. The van der Waals surface area contributed by atoms with Gasteiger partial charge < -0.3 is 15.9 Å². The van der Waals surface area contributed by atoms with E-state index in [1.165, 1.54) is 6.07 Å². The number of aliphatic hydroxyl groups is 1. The Bertz CT molecular complexity index is 420. The van der Waals surface area contributed by atoms with Gasteiger partial charge in [-0.2, -0.15) is 13.2 Å². The lowest BCUT2D eigenvalue weighted by molar-refractivity contribution is -0.144. The predicted octanol–water partition coefficient (Wildman–Crippen LogP) is 1.15. The van der Waals surface area contributed by atoms with Crippen LogP contribution in [-0.2, 0) is 11.0 Å². The van der Waals surface area contributed by atoms with Crippen LogP contribution in [0.1, 0.15) is 17.2 Å². The Morgan fingerprint density at radius 2 is 1.82 bits per heavy atom. The lowest BCUT2D eigenvalue weighted by Crippen LogP contribution is -2.37. The molecule has 4 N–H and O–H groups in total. The first kappa shape index (κ1) is 13.5. The third-order valence-corrected chi connectivity index (χ3v) is 2.21. The zero-order chi connectivity index (χ0) is 13.2. The number of hydrogen-bond donors (Lipinski definition) is 3. The first-order valence-electron chi connectivity index (χ1n) is 4.57. The molecule has 0 aliphatic heterocycles. The number of benzene rings is 1. The van der Waals surface area contributed by atoms with E-state index < -0.39 is 35.4 Å². The normalized spacial score (nSPS) is 15.4. The first-order chi connectivity index (χ1) is 7.75. The maximum atomic E-state index is 12.6. The quantitative estimate of drug-likeness (QED) is 0.750. The molecule has 0 saturated carbocycles. The van der Waals surface area contributed by atoms with Crippen molar-refractivity contribution >= 4 is 5.97 Å². The van der Waals surface area contributed by atoms with Crippen molar-refractivity contribution in [2.24, 2.45) is 5.73 Å². The summed E-state index contributed by atoms with van der Waals surface area (Å²) >= 11 is 0. The van der Waals surface area contributed by atoms with Crippen molar-refractivity contribution in [1.82, 2.24) is 0 Å². The summed E-state index contributed by atoms with van der Waals surface area (Å²) in [4.78, 5) is 10.5. The SMILES string of the molecule is N[C@@H](C(=O)O)[C@@H](O)c1ccccc1C(F)(F)F. The van der Waals surface area contributed by atoms with Crippen molar-refractivity contribution < 1.29 is 28.2 Å². The van der Waals surface area contributed by atoms with Crippen molar-refractivity contribution in [1.29, 1.82) is 0 Å². The number of aliphatic hydroxyl groups excluding tert-OH is 1. The molecule has 0 aromatic heterocycles. The largest absolute Gasteiger partial charge is 0.480 e. The summed E-state index contributed by atoms with van der Waals surface area (Å²) in [5.41, 5.74) is 3.45. The van der Waals surface area contributed by atoms with Gasteiger partial charge in [-0.1, -0.05) is 18.2 Å². The van der Waals surface area contributed by atoms with Crippen LogP contribution >= 0.6 is 0 Å². The van der Waals surface area contributed by atoms with Gasteiger partial charge in [-0.3, -0.25) is 4.79 Å². The number of carboxylic acids is 1. The van der Waals surface area contributed by atoms with E-state index >= 15 is 0 Å². The van der Waals surface area contributed by atoms with Crippen LogP contribution in [0.2, 0.25) is 0 Å².